The molecule has 326 valence electrons. The van der Waals surface area contributed by atoms with Gasteiger partial charge in [-0.05, 0) is 71.2 Å². The topological polar surface area (TPSA) is 123 Å². The first-order chi connectivity index (χ1) is 28.8. The highest BCUT2D eigenvalue weighted by Crippen LogP contribution is 2.36. The first-order valence-electron chi connectivity index (χ1n) is 19.7. The van der Waals surface area contributed by atoms with Crippen LogP contribution >= 0.6 is 34.8 Å². The number of benzene rings is 2. The van der Waals surface area contributed by atoms with Crippen LogP contribution in [0.25, 0.3) is 0 Å². The van der Waals surface area contributed by atoms with Crippen LogP contribution in [-0.2, 0) is 28.9 Å². The van der Waals surface area contributed by atoms with Gasteiger partial charge in [0.25, 0.3) is 0 Å². The molecule has 4 unspecified atom stereocenters. The molecule has 2 aromatic carbocycles. The summed E-state index contributed by atoms with van der Waals surface area (Å²) in [7, 11) is 3.27. The Morgan fingerprint density at radius 3 is 1.49 bits per heavy atom. The third-order valence-corrected chi connectivity index (χ3v) is 12.8. The molecule has 0 saturated carbocycles. The van der Waals surface area contributed by atoms with E-state index in [1.165, 1.54) is 57.7 Å². The molecule has 0 bridgehead atoms. The highest BCUT2D eigenvalue weighted by Gasteiger charge is 2.43. The summed E-state index contributed by atoms with van der Waals surface area (Å²) in [5.74, 6) is 1.10. The van der Waals surface area contributed by atoms with Crippen LogP contribution < -0.4 is 9.80 Å². The molecule has 4 atom stereocenters. The number of amides is 4. The number of alkyl halides is 3. The molecule has 4 aliphatic rings. The summed E-state index contributed by atoms with van der Waals surface area (Å²) in [6, 6.07) is 8.63. The van der Waals surface area contributed by atoms with Gasteiger partial charge in [-0.3, -0.25) is 19.4 Å². The van der Waals surface area contributed by atoms with Gasteiger partial charge in [0.05, 0.1) is 41.7 Å². The maximum absolute atomic E-state index is 13.0. The second-order valence-electron chi connectivity index (χ2n) is 16.3. The van der Waals surface area contributed by atoms with E-state index >= 15 is 0 Å². The van der Waals surface area contributed by atoms with E-state index < -0.39 is 11.7 Å². The van der Waals surface area contributed by atoms with E-state index in [2.05, 4.69) is 20.0 Å². The highest BCUT2D eigenvalue weighted by atomic mass is 35.5. The number of halogens is 6. The van der Waals surface area contributed by atoms with Crippen molar-refractivity contribution < 1.29 is 32.3 Å². The Balaban J connectivity index is 0.000000185. The minimum absolute atomic E-state index is 0.103. The molecule has 4 saturated heterocycles. The molecule has 0 radical (unpaired) electrons. The molecule has 2 aromatic heterocycles. The van der Waals surface area contributed by atoms with E-state index in [9.17, 15) is 32.3 Å². The van der Waals surface area contributed by atoms with Gasteiger partial charge in [0.2, 0.25) is 11.8 Å². The van der Waals surface area contributed by atoms with Gasteiger partial charge in [0.1, 0.15) is 0 Å². The van der Waals surface area contributed by atoms with E-state index in [1.54, 1.807) is 31.3 Å². The van der Waals surface area contributed by atoms with Gasteiger partial charge in [0, 0.05) is 108 Å². The zero-order valence-corrected chi connectivity index (χ0v) is 36.3. The number of hydrogen-bond donors (Lipinski definition) is 0. The average Bonchev–Trinajstić information content (AvgIpc) is 4.04. The molecule has 4 fully saturated rings. The summed E-state index contributed by atoms with van der Waals surface area (Å²) >= 11 is 18.4. The fourth-order valence-corrected chi connectivity index (χ4v) is 9.41. The summed E-state index contributed by atoms with van der Waals surface area (Å²) < 4.78 is 41.6. The lowest BCUT2D eigenvalue weighted by molar-refractivity contribution is -0.137. The average molecular weight is 906 g/mol. The van der Waals surface area contributed by atoms with E-state index in [1.807, 2.05) is 17.0 Å². The molecule has 0 spiro atoms. The summed E-state index contributed by atoms with van der Waals surface area (Å²) in [5, 5.41) is 9.84. The van der Waals surface area contributed by atoms with Crippen molar-refractivity contribution in [3.05, 3.63) is 92.9 Å². The third-order valence-electron chi connectivity index (χ3n) is 12.0. The molecule has 8 rings (SSSR count). The third kappa shape index (κ3) is 10.2. The van der Waals surface area contributed by atoms with Gasteiger partial charge in [-0.2, -0.15) is 32.7 Å². The molecule has 4 aliphatic heterocycles. The normalized spacial score (nSPS) is 21.3. The monoisotopic (exact) mass is 904 g/mol. The number of aromatic nitrogens is 4. The van der Waals surface area contributed by atoms with Crippen LogP contribution in [0, 0.1) is 23.7 Å². The lowest BCUT2D eigenvalue weighted by atomic mass is 10.0. The lowest BCUT2D eigenvalue weighted by Gasteiger charge is -2.22. The van der Waals surface area contributed by atoms with E-state index in [0.717, 1.165) is 37.3 Å². The molecular formula is C41H46Cl3F3N10O4. The quantitative estimate of drug-likeness (QED) is 0.208. The number of likely N-dealkylation sites (tertiary alicyclic amines) is 4. The van der Waals surface area contributed by atoms with Crippen LogP contribution in [0.2, 0.25) is 15.1 Å². The first-order valence-corrected chi connectivity index (χ1v) is 20.9. The Morgan fingerprint density at radius 2 is 1.08 bits per heavy atom. The van der Waals surface area contributed by atoms with Crippen LogP contribution in [0.1, 0.15) is 30.5 Å². The van der Waals surface area contributed by atoms with E-state index in [-0.39, 0.29) is 35.7 Å². The van der Waals surface area contributed by atoms with Crippen molar-refractivity contribution in [3.63, 3.8) is 0 Å². The molecule has 4 amide bonds. The number of rotatable bonds is 6. The molecule has 0 N–H and O–H groups in total. The standard InChI is InChI=1S/C21H23ClF3N5O2.C20H23Cl2N5O2/c1-13(31)27(2)18-6-26-30(12-18)20(32)29-10-15-8-28(9-16(15)11-29)7-14-5-17(21(23,24)25)3-4-19(14)22;1-13(28)24(2)19-6-23-27(12-19)20(29)26-10-15-8-25(9-16(15)11-26)7-14-3-17(21)5-18(22)4-14/h3-6,12,15-16H,7-11H2,1-2H3;3-6,12,15-16H,7-11H2,1-2H3. The Hall–Kier alpha value is -4.68. The summed E-state index contributed by atoms with van der Waals surface area (Å²) in [5.41, 5.74) is 2.00. The van der Waals surface area contributed by atoms with Crippen LogP contribution in [0.5, 0.6) is 0 Å². The largest absolute Gasteiger partial charge is 0.416 e. The zero-order valence-electron chi connectivity index (χ0n) is 34.0. The summed E-state index contributed by atoms with van der Waals surface area (Å²) in [4.78, 5) is 59.5. The number of nitrogens with zero attached hydrogens (tertiary/aromatic N) is 10. The second kappa shape index (κ2) is 18.0. The first kappa shape index (κ1) is 44.4. The molecule has 6 heterocycles. The van der Waals surface area contributed by atoms with Crippen molar-refractivity contribution in [2.24, 2.45) is 23.7 Å². The fourth-order valence-electron chi connectivity index (χ4n) is 8.66. The number of carbonyl (C=O) groups is 4. The predicted octanol–water partition coefficient (Wildman–Crippen LogP) is 6.77. The minimum Gasteiger partial charge on any atom is -0.322 e. The van der Waals surface area contributed by atoms with Crippen LogP contribution in [-0.4, -0.2) is 129 Å². The van der Waals surface area contributed by atoms with Gasteiger partial charge in [-0.1, -0.05) is 34.8 Å². The van der Waals surface area contributed by atoms with Crippen LogP contribution in [0.4, 0.5) is 34.1 Å². The molecule has 61 heavy (non-hydrogen) atoms. The Labute approximate surface area is 366 Å². The summed E-state index contributed by atoms with van der Waals surface area (Å²) in [6.07, 6.45) is 1.73. The molecular weight excluding hydrogens is 860 g/mol. The Bertz CT molecular complexity index is 2260. The number of anilines is 2. The van der Waals surface area contributed by atoms with Gasteiger partial charge in [0.15, 0.2) is 0 Å². The Kier molecular flexibility index (Phi) is 13.1. The maximum Gasteiger partial charge on any atom is 0.416 e. The van der Waals surface area contributed by atoms with Crippen molar-refractivity contribution in [2.45, 2.75) is 33.1 Å². The number of hydrogen-bond acceptors (Lipinski definition) is 8. The molecule has 0 aliphatic carbocycles. The minimum atomic E-state index is -4.41. The fraction of sp³-hybridized carbons (Fsp3) is 0.463. The van der Waals surface area contributed by atoms with E-state index in [4.69, 9.17) is 34.8 Å². The summed E-state index contributed by atoms with van der Waals surface area (Å²) in [6.45, 7) is 9.82. The van der Waals surface area contributed by atoms with Crippen molar-refractivity contribution in [3.8, 4) is 0 Å². The van der Waals surface area contributed by atoms with Crippen molar-refractivity contribution in [1.82, 2.24) is 39.2 Å². The van der Waals surface area contributed by atoms with E-state index in [0.29, 0.717) is 89.7 Å². The Morgan fingerprint density at radius 1 is 0.656 bits per heavy atom. The zero-order chi connectivity index (χ0) is 43.9. The molecule has 14 nitrogen and oxygen atoms in total. The SMILES string of the molecule is CC(=O)N(C)c1cnn(C(=O)N2CC3CN(Cc4cc(C(F)(F)F)ccc4Cl)CC3C2)c1.CC(=O)N(C)c1cnn(C(=O)N2CC3CN(Cc4cc(Cl)cc(Cl)c4)CC3C2)c1. The molecule has 4 aromatic rings. The van der Waals surface area contributed by atoms with Crippen LogP contribution in [0.15, 0.2) is 61.2 Å². The van der Waals surface area contributed by atoms with Gasteiger partial charge >= 0.3 is 18.2 Å². The van der Waals surface area contributed by atoms with Crippen LogP contribution in [0.3, 0.4) is 0 Å². The smallest absolute Gasteiger partial charge is 0.322 e. The molecule has 20 heteroatoms. The number of carbonyl (C=O) groups excluding carboxylic acids is 4. The van der Waals surface area contributed by atoms with Gasteiger partial charge in [-0.25, -0.2) is 9.59 Å². The lowest BCUT2D eigenvalue weighted by Crippen LogP contribution is -2.36. The number of fused-ring (bicyclic) bond motifs is 2. The van der Waals surface area contributed by atoms with Gasteiger partial charge < -0.3 is 19.6 Å². The van der Waals surface area contributed by atoms with Gasteiger partial charge in [-0.15, -0.1) is 0 Å². The predicted molar refractivity (Wildman–Crippen MR) is 225 cm³/mol. The van der Waals surface area contributed by atoms with Crippen molar-refractivity contribution in [1.29, 1.82) is 0 Å². The van der Waals surface area contributed by atoms with Crippen molar-refractivity contribution >= 4 is 70.1 Å². The van der Waals surface area contributed by atoms with Crippen molar-refractivity contribution in [2.75, 3.05) is 76.3 Å². The highest BCUT2D eigenvalue weighted by molar-refractivity contribution is 6.34. The second-order valence-corrected chi connectivity index (χ2v) is 17.6. The maximum atomic E-state index is 13.0.